The molecular formula is C32H34N4O4. The molecule has 3 aromatic carbocycles. The highest BCUT2D eigenvalue weighted by atomic mass is 16.5. The number of ether oxygens (including phenoxy) is 1. The van der Waals surface area contributed by atoms with E-state index < -0.39 is 5.54 Å². The maximum Gasteiger partial charge on any atom is 0.250 e. The lowest BCUT2D eigenvalue weighted by molar-refractivity contribution is -0.140. The summed E-state index contributed by atoms with van der Waals surface area (Å²) in [5.41, 5.74) is 2.00. The maximum atomic E-state index is 14.0. The Kier molecular flexibility index (Phi) is 6.92. The molecule has 8 heteroatoms. The van der Waals surface area contributed by atoms with E-state index in [0.717, 1.165) is 12.1 Å². The van der Waals surface area contributed by atoms with Crippen LogP contribution in [-0.4, -0.2) is 66.5 Å². The quantitative estimate of drug-likeness (QED) is 0.490. The highest BCUT2D eigenvalue weighted by Gasteiger charge is 2.55. The van der Waals surface area contributed by atoms with Crippen LogP contribution >= 0.6 is 0 Å². The second kappa shape index (κ2) is 10.7. The number of benzene rings is 3. The number of nitrogens with zero attached hydrogens (tertiary/aromatic N) is 3. The van der Waals surface area contributed by atoms with Crippen molar-refractivity contribution in [2.24, 2.45) is 5.92 Å². The molecule has 2 saturated heterocycles. The average Bonchev–Trinajstić information content (AvgIpc) is 3.76. The Morgan fingerprint density at radius 2 is 1.65 bits per heavy atom. The number of methoxy groups -OCH3 is 1. The van der Waals surface area contributed by atoms with Gasteiger partial charge < -0.3 is 24.8 Å². The van der Waals surface area contributed by atoms with Crippen molar-refractivity contribution in [1.82, 2.24) is 9.80 Å². The Bertz CT molecular complexity index is 1390. The Labute approximate surface area is 234 Å². The molecule has 3 aliphatic rings. The molecule has 2 aliphatic heterocycles. The van der Waals surface area contributed by atoms with Crippen LogP contribution < -0.4 is 15.0 Å². The second-order valence-corrected chi connectivity index (χ2v) is 10.9. The lowest BCUT2D eigenvalue weighted by Gasteiger charge is -2.43. The minimum atomic E-state index is -0.781. The Morgan fingerprint density at radius 1 is 0.950 bits per heavy atom. The van der Waals surface area contributed by atoms with E-state index in [-0.39, 0.29) is 36.1 Å². The number of piperidine rings is 1. The molecule has 0 radical (unpaired) electrons. The summed E-state index contributed by atoms with van der Waals surface area (Å²) in [7, 11) is 1.58. The number of hydrogen-bond acceptors (Lipinski definition) is 5. The number of anilines is 2. The molecule has 3 amide bonds. The number of amides is 3. The average molecular weight is 539 g/mol. The van der Waals surface area contributed by atoms with Crippen molar-refractivity contribution in [2.75, 3.05) is 43.6 Å². The van der Waals surface area contributed by atoms with Gasteiger partial charge in [-0.1, -0.05) is 54.6 Å². The zero-order chi connectivity index (χ0) is 27.7. The van der Waals surface area contributed by atoms with Gasteiger partial charge in [0.1, 0.15) is 17.8 Å². The third kappa shape index (κ3) is 4.90. The molecule has 1 unspecified atom stereocenters. The van der Waals surface area contributed by atoms with Gasteiger partial charge in [0, 0.05) is 36.4 Å². The third-order valence-electron chi connectivity index (χ3n) is 8.51. The fraction of sp³-hybridized carbons (Fsp3) is 0.344. The first-order valence-corrected chi connectivity index (χ1v) is 13.9. The van der Waals surface area contributed by atoms with Crippen molar-refractivity contribution >= 4 is 29.1 Å². The van der Waals surface area contributed by atoms with Crippen LogP contribution in [0.4, 0.5) is 11.4 Å². The highest BCUT2D eigenvalue weighted by Crippen LogP contribution is 2.49. The van der Waals surface area contributed by atoms with Crippen LogP contribution in [0.1, 0.15) is 30.7 Å². The molecule has 0 aromatic heterocycles. The standard InChI is InChI=1S/C32H34N4O4/c1-40-26-14-8-11-24(19-26)33-29(37)21-35-22-36(25-12-6-3-7-13-25)32(31(35)39)15-17-34(18-16-32)30(38)28-20-27(28)23-9-4-2-5-10-23/h2-14,19,27-28H,15-18,20-22H2,1H3,(H,33,37)/t27-,28?/m0/s1. The van der Waals surface area contributed by atoms with Crippen LogP contribution in [0.25, 0.3) is 0 Å². The first-order valence-electron chi connectivity index (χ1n) is 13.9. The summed E-state index contributed by atoms with van der Waals surface area (Å²) in [5, 5.41) is 2.88. The molecule has 1 aliphatic carbocycles. The van der Waals surface area contributed by atoms with E-state index in [4.69, 9.17) is 4.74 Å². The van der Waals surface area contributed by atoms with Crippen molar-refractivity contribution in [3.63, 3.8) is 0 Å². The first-order chi connectivity index (χ1) is 19.5. The smallest absolute Gasteiger partial charge is 0.250 e. The van der Waals surface area contributed by atoms with Gasteiger partial charge in [-0.3, -0.25) is 14.4 Å². The molecule has 2 atom stereocenters. The van der Waals surface area contributed by atoms with Crippen LogP contribution in [0.3, 0.4) is 0 Å². The van der Waals surface area contributed by atoms with Gasteiger partial charge in [0.25, 0.3) is 5.91 Å². The van der Waals surface area contributed by atoms with E-state index in [9.17, 15) is 14.4 Å². The van der Waals surface area contributed by atoms with Crippen molar-refractivity contribution in [3.05, 3.63) is 90.5 Å². The molecule has 3 fully saturated rings. The molecule has 40 heavy (non-hydrogen) atoms. The van der Waals surface area contributed by atoms with E-state index in [1.807, 2.05) is 59.5 Å². The zero-order valence-corrected chi connectivity index (χ0v) is 22.7. The Balaban J connectivity index is 1.15. The molecule has 1 saturated carbocycles. The summed E-state index contributed by atoms with van der Waals surface area (Å²) in [6.45, 7) is 1.32. The van der Waals surface area contributed by atoms with E-state index >= 15 is 0 Å². The van der Waals surface area contributed by atoms with Crippen molar-refractivity contribution in [2.45, 2.75) is 30.7 Å². The number of carbonyl (C=O) groups is 3. The Hall–Kier alpha value is -4.33. The number of carbonyl (C=O) groups excluding carboxylic acids is 3. The molecule has 1 spiro atoms. The summed E-state index contributed by atoms with van der Waals surface area (Å²) >= 11 is 0. The van der Waals surface area contributed by atoms with Gasteiger partial charge in [0.15, 0.2) is 0 Å². The van der Waals surface area contributed by atoms with E-state index in [1.54, 1.807) is 30.2 Å². The lowest BCUT2D eigenvalue weighted by atomic mass is 9.85. The van der Waals surface area contributed by atoms with E-state index in [1.165, 1.54) is 5.56 Å². The van der Waals surface area contributed by atoms with Gasteiger partial charge in [0.05, 0.1) is 13.8 Å². The van der Waals surface area contributed by atoms with Crippen LogP contribution in [0.15, 0.2) is 84.9 Å². The second-order valence-electron chi connectivity index (χ2n) is 10.9. The van der Waals surface area contributed by atoms with Crippen molar-refractivity contribution in [1.29, 1.82) is 0 Å². The largest absolute Gasteiger partial charge is 0.497 e. The molecule has 2 heterocycles. The number of hydrogen-bond donors (Lipinski definition) is 1. The molecule has 3 aromatic rings. The van der Waals surface area contributed by atoms with E-state index in [2.05, 4.69) is 22.3 Å². The Morgan fingerprint density at radius 3 is 2.35 bits per heavy atom. The van der Waals surface area contributed by atoms with Gasteiger partial charge in [-0.05, 0) is 55.0 Å². The highest BCUT2D eigenvalue weighted by molar-refractivity contribution is 5.99. The molecule has 6 rings (SSSR count). The van der Waals surface area contributed by atoms with Crippen LogP contribution in [-0.2, 0) is 14.4 Å². The fourth-order valence-electron chi connectivity index (χ4n) is 6.27. The summed E-state index contributed by atoms with van der Waals surface area (Å²) in [6, 6.07) is 27.2. The number of rotatable bonds is 7. The molecule has 1 N–H and O–H groups in total. The molecule has 206 valence electrons. The maximum absolute atomic E-state index is 14.0. The summed E-state index contributed by atoms with van der Waals surface area (Å²) < 4.78 is 5.25. The van der Waals surface area contributed by atoms with Crippen LogP contribution in [0.5, 0.6) is 5.75 Å². The topological polar surface area (TPSA) is 82.2 Å². The minimum absolute atomic E-state index is 0.0257. The monoisotopic (exact) mass is 538 g/mol. The molecule has 8 nitrogen and oxygen atoms in total. The van der Waals surface area contributed by atoms with Gasteiger partial charge >= 0.3 is 0 Å². The summed E-state index contributed by atoms with van der Waals surface area (Å²) in [4.78, 5) is 46.0. The van der Waals surface area contributed by atoms with Crippen molar-refractivity contribution < 1.29 is 19.1 Å². The molecular weight excluding hydrogens is 504 g/mol. The van der Waals surface area contributed by atoms with Gasteiger partial charge in [-0.2, -0.15) is 0 Å². The first kappa shape index (κ1) is 25.9. The predicted octanol–water partition coefficient (Wildman–Crippen LogP) is 4.10. The van der Waals surface area contributed by atoms with Gasteiger partial charge in [0.2, 0.25) is 11.8 Å². The number of likely N-dealkylation sites (tertiary alicyclic amines) is 1. The summed E-state index contributed by atoms with van der Waals surface area (Å²) in [5.74, 6) is 0.828. The summed E-state index contributed by atoms with van der Waals surface area (Å²) in [6.07, 6.45) is 1.95. The zero-order valence-electron chi connectivity index (χ0n) is 22.7. The normalized spacial score (nSPS) is 21.4. The van der Waals surface area contributed by atoms with Crippen molar-refractivity contribution in [3.8, 4) is 5.75 Å². The fourth-order valence-corrected chi connectivity index (χ4v) is 6.27. The van der Waals surface area contributed by atoms with Crippen LogP contribution in [0.2, 0.25) is 0 Å². The van der Waals surface area contributed by atoms with E-state index in [0.29, 0.717) is 44.0 Å². The van der Waals surface area contributed by atoms with Gasteiger partial charge in [-0.25, -0.2) is 0 Å². The SMILES string of the molecule is COc1cccc(NC(=O)CN2CN(c3ccccc3)C3(CCN(C(=O)C4C[C@H]4c4ccccc4)CC3)C2=O)c1. The minimum Gasteiger partial charge on any atom is -0.497 e. The van der Waals surface area contributed by atoms with Crippen LogP contribution in [0, 0.1) is 5.92 Å². The number of nitrogens with one attached hydrogen (secondary N) is 1. The lowest BCUT2D eigenvalue weighted by Crippen LogP contribution is -2.57. The predicted molar refractivity (Wildman–Crippen MR) is 153 cm³/mol. The third-order valence-corrected chi connectivity index (χ3v) is 8.51. The number of para-hydroxylation sites is 1. The van der Waals surface area contributed by atoms with Gasteiger partial charge in [-0.15, -0.1) is 0 Å². The molecule has 0 bridgehead atoms.